The van der Waals surface area contributed by atoms with Crippen LogP contribution in [0.3, 0.4) is 0 Å². The molecule has 41 heavy (non-hydrogen) atoms. The number of hydrogen-bond acceptors (Lipinski definition) is 5. The summed E-state index contributed by atoms with van der Waals surface area (Å²) in [4.78, 5) is 45.5. The lowest BCUT2D eigenvalue weighted by Gasteiger charge is -2.35. The second-order valence-corrected chi connectivity index (χ2v) is 10.9. The Hall–Kier alpha value is -3.64. The molecule has 0 aliphatic carbocycles. The molecule has 2 aromatic carbocycles. The highest BCUT2D eigenvalue weighted by atomic mass is 79.9. The Balaban J connectivity index is 1.79. The molecule has 2 amide bonds. The molecule has 8 nitrogen and oxygen atoms in total. The van der Waals surface area contributed by atoms with Crippen molar-refractivity contribution in [3.05, 3.63) is 96.9 Å². The zero-order chi connectivity index (χ0) is 30.2. The Kier molecular flexibility index (Phi) is 8.65. The number of anilines is 1. The van der Waals surface area contributed by atoms with Gasteiger partial charge in [0.1, 0.15) is 0 Å². The van der Waals surface area contributed by atoms with Crippen LogP contribution in [0.2, 0.25) is 5.02 Å². The molecule has 1 aromatic heterocycles. The summed E-state index contributed by atoms with van der Waals surface area (Å²) in [5, 5.41) is 5.75. The van der Waals surface area contributed by atoms with Gasteiger partial charge in [0.15, 0.2) is 0 Å². The number of carbonyl (C=O) groups excluding carboxylic acids is 2. The predicted octanol–water partition coefficient (Wildman–Crippen LogP) is 5.60. The average Bonchev–Trinajstić information content (AvgIpc) is 2.92. The molecule has 0 bridgehead atoms. The first-order valence-corrected chi connectivity index (χ1v) is 13.7. The minimum Gasteiger partial charge on any atom is -0.355 e. The predicted molar refractivity (Wildman–Crippen MR) is 154 cm³/mol. The summed E-state index contributed by atoms with van der Waals surface area (Å²) >= 11 is 9.26. The van der Waals surface area contributed by atoms with Gasteiger partial charge in [0.25, 0.3) is 17.4 Å². The SMILES string of the molecule is C=CC(C)Nc1nc2c(c(=O)n1-c1ccc(C(=O)NC)c(Cl)c1)CC(C)N(C(=O)c1ccc(Br)c(C(F)(F)F)c1)C2. The van der Waals surface area contributed by atoms with Crippen molar-refractivity contribution in [3.8, 4) is 5.69 Å². The molecule has 0 radical (unpaired) electrons. The third-order valence-electron chi connectivity index (χ3n) is 6.79. The molecular formula is C28H26BrClF3N5O3. The molecule has 0 spiro atoms. The van der Waals surface area contributed by atoms with Gasteiger partial charge < -0.3 is 15.5 Å². The zero-order valence-electron chi connectivity index (χ0n) is 22.3. The van der Waals surface area contributed by atoms with Gasteiger partial charge in [-0.3, -0.25) is 14.4 Å². The summed E-state index contributed by atoms with van der Waals surface area (Å²) in [6.45, 7) is 7.18. The number of halogens is 5. The van der Waals surface area contributed by atoms with E-state index in [0.29, 0.717) is 16.9 Å². The van der Waals surface area contributed by atoms with Gasteiger partial charge in [-0.15, -0.1) is 6.58 Å². The lowest BCUT2D eigenvalue weighted by molar-refractivity contribution is -0.138. The summed E-state index contributed by atoms with van der Waals surface area (Å²) in [5.41, 5.74) is -0.222. The van der Waals surface area contributed by atoms with Crippen molar-refractivity contribution < 1.29 is 22.8 Å². The number of rotatable bonds is 6. The van der Waals surface area contributed by atoms with E-state index in [1.807, 2.05) is 0 Å². The largest absolute Gasteiger partial charge is 0.417 e. The maximum atomic E-state index is 13.9. The maximum Gasteiger partial charge on any atom is 0.417 e. The second kappa shape index (κ2) is 11.7. The van der Waals surface area contributed by atoms with E-state index in [4.69, 9.17) is 11.6 Å². The quantitative estimate of drug-likeness (QED) is 0.338. The first-order chi connectivity index (χ1) is 19.3. The van der Waals surface area contributed by atoms with Crippen LogP contribution in [0, 0.1) is 0 Å². The van der Waals surface area contributed by atoms with E-state index in [0.717, 1.165) is 6.07 Å². The van der Waals surface area contributed by atoms with E-state index in [2.05, 4.69) is 38.1 Å². The lowest BCUT2D eigenvalue weighted by Crippen LogP contribution is -2.46. The number of hydrogen-bond donors (Lipinski definition) is 2. The van der Waals surface area contributed by atoms with Gasteiger partial charge in [0.2, 0.25) is 5.95 Å². The van der Waals surface area contributed by atoms with Crippen LogP contribution in [-0.2, 0) is 19.1 Å². The maximum absolute atomic E-state index is 13.9. The number of aromatic nitrogens is 2. The summed E-state index contributed by atoms with van der Waals surface area (Å²) in [6.07, 6.45) is -2.91. The van der Waals surface area contributed by atoms with E-state index < -0.39 is 29.2 Å². The fourth-order valence-corrected chi connectivity index (χ4v) is 5.26. The van der Waals surface area contributed by atoms with Crippen molar-refractivity contribution in [2.24, 2.45) is 0 Å². The van der Waals surface area contributed by atoms with Crippen molar-refractivity contribution in [1.82, 2.24) is 19.8 Å². The van der Waals surface area contributed by atoms with Crippen LogP contribution in [0.15, 0.2) is 58.3 Å². The van der Waals surface area contributed by atoms with Gasteiger partial charge in [-0.2, -0.15) is 13.2 Å². The first kappa shape index (κ1) is 30.3. The van der Waals surface area contributed by atoms with Crippen LogP contribution in [-0.4, -0.2) is 45.4 Å². The van der Waals surface area contributed by atoms with Gasteiger partial charge in [-0.1, -0.05) is 33.6 Å². The number of nitrogens with one attached hydrogen (secondary N) is 2. The van der Waals surface area contributed by atoms with Gasteiger partial charge in [0, 0.05) is 34.7 Å². The average molecular weight is 653 g/mol. The Morgan fingerprint density at radius 3 is 2.56 bits per heavy atom. The summed E-state index contributed by atoms with van der Waals surface area (Å²) in [7, 11) is 1.48. The molecule has 216 valence electrons. The molecule has 3 aromatic rings. The van der Waals surface area contributed by atoms with Gasteiger partial charge in [-0.25, -0.2) is 9.55 Å². The highest BCUT2D eigenvalue weighted by Gasteiger charge is 2.36. The van der Waals surface area contributed by atoms with Crippen LogP contribution in [0.25, 0.3) is 5.69 Å². The van der Waals surface area contributed by atoms with Crippen molar-refractivity contribution in [3.63, 3.8) is 0 Å². The van der Waals surface area contributed by atoms with Crippen LogP contribution in [0.1, 0.15) is 51.4 Å². The summed E-state index contributed by atoms with van der Waals surface area (Å²) in [5.74, 6) is -0.852. The van der Waals surface area contributed by atoms with Crippen molar-refractivity contribution >= 4 is 45.3 Å². The third-order valence-corrected chi connectivity index (χ3v) is 7.79. The second-order valence-electron chi connectivity index (χ2n) is 9.59. The van der Waals surface area contributed by atoms with Crippen LogP contribution < -0.4 is 16.2 Å². The molecule has 2 atom stereocenters. The van der Waals surface area contributed by atoms with E-state index in [1.165, 1.54) is 40.8 Å². The number of alkyl halides is 3. The van der Waals surface area contributed by atoms with Crippen molar-refractivity contribution in [2.45, 2.75) is 45.1 Å². The molecule has 0 saturated carbocycles. The summed E-state index contributed by atoms with van der Waals surface area (Å²) < 4.78 is 41.6. The van der Waals surface area contributed by atoms with E-state index in [9.17, 15) is 27.6 Å². The minimum absolute atomic E-state index is 0.0870. The molecule has 2 heterocycles. The highest BCUT2D eigenvalue weighted by Crippen LogP contribution is 2.36. The Morgan fingerprint density at radius 2 is 1.95 bits per heavy atom. The van der Waals surface area contributed by atoms with Gasteiger partial charge >= 0.3 is 6.18 Å². The van der Waals surface area contributed by atoms with E-state index >= 15 is 0 Å². The topological polar surface area (TPSA) is 96.3 Å². The van der Waals surface area contributed by atoms with Crippen molar-refractivity contribution in [2.75, 3.05) is 12.4 Å². The fourth-order valence-electron chi connectivity index (χ4n) is 4.53. The lowest BCUT2D eigenvalue weighted by atomic mass is 9.98. The van der Waals surface area contributed by atoms with Crippen molar-refractivity contribution in [1.29, 1.82) is 0 Å². The number of nitrogens with zero attached hydrogens (tertiary/aromatic N) is 3. The standard InChI is InChI=1S/C28H26BrClF3N5O3/c1-5-14(2)35-27-36-23-13-37(25(40)16-6-9-21(29)20(11-16)28(31,32)33)15(3)10-19(23)26(41)38(27)17-7-8-18(22(30)12-17)24(39)34-4/h5-9,11-12,14-15H,1,10,13H2,2-4H3,(H,34,39)(H,35,36). The third kappa shape index (κ3) is 6.03. The number of benzene rings is 2. The van der Waals surface area contributed by atoms with Crippen LogP contribution in [0.4, 0.5) is 19.1 Å². The Labute approximate surface area is 247 Å². The monoisotopic (exact) mass is 651 g/mol. The van der Waals surface area contributed by atoms with Gasteiger partial charge in [-0.05, 0) is 56.7 Å². The summed E-state index contributed by atoms with van der Waals surface area (Å²) in [6, 6.07) is 7.05. The molecule has 4 rings (SSSR count). The molecule has 2 N–H and O–H groups in total. The molecule has 1 aliphatic heterocycles. The molecule has 0 saturated heterocycles. The van der Waals surface area contributed by atoms with Crippen LogP contribution in [0.5, 0.6) is 0 Å². The number of amides is 2. The molecular weight excluding hydrogens is 627 g/mol. The smallest absolute Gasteiger partial charge is 0.355 e. The molecule has 2 unspecified atom stereocenters. The molecule has 1 aliphatic rings. The zero-order valence-corrected chi connectivity index (χ0v) is 24.6. The minimum atomic E-state index is -4.65. The first-order valence-electron chi connectivity index (χ1n) is 12.5. The Bertz CT molecular complexity index is 1610. The van der Waals surface area contributed by atoms with E-state index in [1.54, 1.807) is 26.0 Å². The normalized spacial score (nSPS) is 15.6. The molecule has 13 heteroatoms. The highest BCUT2D eigenvalue weighted by molar-refractivity contribution is 9.10. The van der Waals surface area contributed by atoms with Crippen LogP contribution >= 0.6 is 27.5 Å². The Morgan fingerprint density at radius 1 is 1.24 bits per heavy atom. The number of fused-ring (bicyclic) bond motifs is 1. The van der Waals surface area contributed by atoms with E-state index in [-0.39, 0.29) is 51.5 Å². The number of carbonyl (C=O) groups is 2. The fraction of sp³-hybridized carbons (Fsp3) is 0.286. The van der Waals surface area contributed by atoms with Gasteiger partial charge in [0.05, 0.1) is 34.1 Å². The molecule has 0 fully saturated rings.